The van der Waals surface area contributed by atoms with Gasteiger partial charge in [0.15, 0.2) is 11.7 Å². The number of nitrogens with one attached hydrogen (secondary N) is 2. The van der Waals surface area contributed by atoms with Crippen molar-refractivity contribution in [1.82, 2.24) is 15.8 Å². The predicted octanol–water partition coefficient (Wildman–Crippen LogP) is 2.09. The highest BCUT2D eigenvalue weighted by molar-refractivity contribution is 5.79. The molecule has 1 rings (SSSR count). The molecule has 5 heteroatoms. The Kier molecular flexibility index (Phi) is 6.91. The van der Waals surface area contributed by atoms with Crippen LogP contribution in [0.15, 0.2) is 15.6 Å². The molecule has 0 aromatic carbocycles. The first-order valence-corrected chi connectivity index (χ1v) is 6.69. The largest absolute Gasteiger partial charge is 0.359 e. The monoisotopic (exact) mass is 252 g/mol. The molecule has 0 amide bonds. The predicted molar refractivity (Wildman–Crippen MR) is 73.6 cm³/mol. The Morgan fingerprint density at radius 1 is 1.33 bits per heavy atom. The minimum absolute atomic E-state index is 0.612. The van der Waals surface area contributed by atoms with Crippen LogP contribution < -0.4 is 10.6 Å². The zero-order valence-electron chi connectivity index (χ0n) is 11.6. The lowest BCUT2D eigenvalue weighted by Crippen LogP contribution is -2.37. The van der Waals surface area contributed by atoms with Gasteiger partial charge >= 0.3 is 0 Å². The van der Waals surface area contributed by atoms with Gasteiger partial charge in [-0.2, -0.15) is 0 Å². The normalized spacial score (nSPS) is 11.6. The van der Waals surface area contributed by atoms with E-state index in [-0.39, 0.29) is 0 Å². The molecular weight excluding hydrogens is 228 g/mol. The fourth-order valence-corrected chi connectivity index (χ4v) is 1.58. The van der Waals surface area contributed by atoms with Gasteiger partial charge in [0.05, 0.1) is 12.2 Å². The molecule has 0 atom stereocenters. The highest BCUT2D eigenvalue weighted by Gasteiger charge is 2.03. The smallest absolute Gasteiger partial charge is 0.191 e. The van der Waals surface area contributed by atoms with Gasteiger partial charge in [0.1, 0.15) is 0 Å². The van der Waals surface area contributed by atoms with Crippen molar-refractivity contribution in [1.29, 1.82) is 0 Å². The molecule has 1 heterocycles. The number of aryl methyl sites for hydroxylation is 1. The molecule has 0 aliphatic carbocycles. The van der Waals surface area contributed by atoms with Crippen molar-refractivity contribution in [3.63, 3.8) is 0 Å². The summed E-state index contributed by atoms with van der Waals surface area (Å²) in [6.45, 7) is 5.82. The van der Waals surface area contributed by atoms with Crippen LogP contribution in [-0.2, 0) is 13.0 Å². The van der Waals surface area contributed by atoms with E-state index in [1.807, 2.05) is 6.07 Å². The maximum Gasteiger partial charge on any atom is 0.191 e. The number of aromatic nitrogens is 1. The summed E-state index contributed by atoms with van der Waals surface area (Å²) >= 11 is 0. The Labute approximate surface area is 109 Å². The van der Waals surface area contributed by atoms with Crippen LogP contribution in [0.2, 0.25) is 0 Å². The van der Waals surface area contributed by atoms with Crippen LogP contribution in [0, 0.1) is 0 Å². The Hall–Kier alpha value is -1.52. The Morgan fingerprint density at radius 2 is 2.17 bits per heavy atom. The van der Waals surface area contributed by atoms with E-state index in [1.54, 1.807) is 7.05 Å². The number of unbranched alkanes of at least 4 members (excludes halogenated alkanes) is 2. The van der Waals surface area contributed by atoms with Crippen LogP contribution in [0.25, 0.3) is 0 Å². The second-order valence-corrected chi connectivity index (χ2v) is 4.20. The number of rotatable bonds is 7. The van der Waals surface area contributed by atoms with Gasteiger partial charge in [-0.25, -0.2) is 0 Å². The van der Waals surface area contributed by atoms with Crippen molar-refractivity contribution in [2.24, 2.45) is 4.99 Å². The van der Waals surface area contributed by atoms with Crippen LogP contribution in [0.5, 0.6) is 0 Å². The molecule has 0 aliphatic rings. The van der Waals surface area contributed by atoms with Gasteiger partial charge in [-0.15, -0.1) is 0 Å². The lowest BCUT2D eigenvalue weighted by molar-refractivity contribution is 0.374. The fourth-order valence-electron chi connectivity index (χ4n) is 1.58. The SMILES string of the molecule is CCCCCNC(=NC)NCc1cc(CC)no1. The lowest BCUT2D eigenvalue weighted by atomic mass is 10.2. The van der Waals surface area contributed by atoms with Crippen LogP contribution in [0.4, 0.5) is 0 Å². The van der Waals surface area contributed by atoms with Crippen LogP contribution in [0.1, 0.15) is 44.6 Å². The Bertz CT molecular complexity index is 360. The van der Waals surface area contributed by atoms with E-state index in [1.165, 1.54) is 19.3 Å². The molecule has 0 saturated carbocycles. The average molecular weight is 252 g/mol. The second kappa shape index (κ2) is 8.55. The van der Waals surface area contributed by atoms with Crippen molar-refractivity contribution in [3.05, 3.63) is 17.5 Å². The number of hydrogen-bond donors (Lipinski definition) is 2. The fraction of sp³-hybridized carbons (Fsp3) is 0.692. The van der Waals surface area contributed by atoms with E-state index in [2.05, 4.69) is 34.6 Å². The third-order valence-electron chi connectivity index (χ3n) is 2.70. The van der Waals surface area contributed by atoms with Gasteiger partial charge in [-0.05, 0) is 12.8 Å². The topological polar surface area (TPSA) is 62.5 Å². The van der Waals surface area contributed by atoms with Crippen molar-refractivity contribution in [2.75, 3.05) is 13.6 Å². The zero-order chi connectivity index (χ0) is 13.2. The molecule has 0 radical (unpaired) electrons. The standard InChI is InChI=1S/C13H24N4O/c1-4-6-7-8-15-13(14-3)16-10-12-9-11(5-2)17-18-12/h9H,4-8,10H2,1-3H3,(H2,14,15,16). The third-order valence-corrected chi connectivity index (χ3v) is 2.70. The van der Waals surface area contributed by atoms with E-state index in [4.69, 9.17) is 4.52 Å². The van der Waals surface area contributed by atoms with E-state index < -0.39 is 0 Å². The molecule has 1 aromatic heterocycles. The summed E-state index contributed by atoms with van der Waals surface area (Å²) in [6.07, 6.45) is 4.53. The molecule has 2 N–H and O–H groups in total. The number of hydrogen-bond acceptors (Lipinski definition) is 3. The summed E-state index contributed by atoms with van der Waals surface area (Å²) in [5, 5.41) is 10.4. The molecule has 0 saturated heterocycles. The highest BCUT2D eigenvalue weighted by Crippen LogP contribution is 2.03. The third kappa shape index (κ3) is 5.21. The van der Waals surface area contributed by atoms with Gasteiger partial charge < -0.3 is 15.2 Å². The van der Waals surface area contributed by atoms with Crippen molar-refractivity contribution >= 4 is 5.96 Å². The maximum absolute atomic E-state index is 5.20. The molecule has 0 fully saturated rings. The first-order chi connectivity index (χ1) is 8.80. The Balaban J connectivity index is 2.26. The molecule has 0 unspecified atom stereocenters. The summed E-state index contributed by atoms with van der Waals surface area (Å²) in [4.78, 5) is 4.16. The van der Waals surface area contributed by atoms with E-state index in [0.717, 1.165) is 30.4 Å². The van der Waals surface area contributed by atoms with Crippen LogP contribution in [0.3, 0.4) is 0 Å². The van der Waals surface area contributed by atoms with Crippen LogP contribution >= 0.6 is 0 Å². The highest BCUT2D eigenvalue weighted by atomic mass is 16.5. The van der Waals surface area contributed by atoms with E-state index in [9.17, 15) is 0 Å². The molecule has 0 spiro atoms. The summed E-state index contributed by atoms with van der Waals surface area (Å²) in [6, 6.07) is 1.97. The van der Waals surface area contributed by atoms with Gasteiger partial charge in [-0.1, -0.05) is 31.8 Å². The molecule has 0 aliphatic heterocycles. The molecule has 18 heavy (non-hydrogen) atoms. The molecular formula is C13H24N4O. The maximum atomic E-state index is 5.20. The molecule has 0 bridgehead atoms. The Morgan fingerprint density at radius 3 is 2.78 bits per heavy atom. The van der Waals surface area contributed by atoms with Gasteiger partial charge in [0.2, 0.25) is 0 Å². The minimum Gasteiger partial charge on any atom is -0.359 e. The average Bonchev–Trinajstić information content (AvgIpc) is 2.86. The molecule has 1 aromatic rings. The van der Waals surface area contributed by atoms with Gasteiger partial charge in [0.25, 0.3) is 0 Å². The summed E-state index contributed by atoms with van der Waals surface area (Å²) in [5.74, 6) is 1.64. The second-order valence-electron chi connectivity index (χ2n) is 4.20. The van der Waals surface area contributed by atoms with E-state index in [0.29, 0.717) is 6.54 Å². The molecule has 5 nitrogen and oxygen atoms in total. The van der Waals surface area contributed by atoms with Crippen molar-refractivity contribution in [2.45, 2.75) is 46.1 Å². The van der Waals surface area contributed by atoms with Crippen molar-refractivity contribution in [3.8, 4) is 0 Å². The summed E-state index contributed by atoms with van der Waals surface area (Å²) in [5.41, 5.74) is 0.984. The van der Waals surface area contributed by atoms with Crippen LogP contribution in [-0.4, -0.2) is 24.7 Å². The first-order valence-electron chi connectivity index (χ1n) is 6.69. The number of aliphatic imine (C=N–C) groups is 1. The minimum atomic E-state index is 0.612. The van der Waals surface area contributed by atoms with Crippen molar-refractivity contribution < 1.29 is 4.52 Å². The zero-order valence-corrected chi connectivity index (χ0v) is 11.6. The van der Waals surface area contributed by atoms with E-state index >= 15 is 0 Å². The number of guanidine groups is 1. The lowest BCUT2D eigenvalue weighted by Gasteiger charge is -2.10. The quantitative estimate of drug-likeness (QED) is 0.443. The summed E-state index contributed by atoms with van der Waals surface area (Å²) in [7, 11) is 1.77. The number of nitrogens with zero attached hydrogens (tertiary/aromatic N) is 2. The first kappa shape index (κ1) is 14.5. The molecule has 102 valence electrons. The summed E-state index contributed by atoms with van der Waals surface area (Å²) < 4.78 is 5.20. The van der Waals surface area contributed by atoms with Gasteiger partial charge in [0, 0.05) is 19.7 Å². The van der Waals surface area contributed by atoms with Gasteiger partial charge in [-0.3, -0.25) is 4.99 Å².